The van der Waals surface area contributed by atoms with Gasteiger partial charge in [-0.3, -0.25) is 9.69 Å². The van der Waals surface area contributed by atoms with E-state index in [4.69, 9.17) is 17.4 Å². The molecule has 1 aliphatic heterocycles. The fourth-order valence-corrected chi connectivity index (χ4v) is 3.97. The van der Waals surface area contributed by atoms with E-state index in [0.29, 0.717) is 10.7 Å². The first-order valence-electron chi connectivity index (χ1n) is 10.6. The summed E-state index contributed by atoms with van der Waals surface area (Å²) in [4.78, 5) is 43.2. The Kier molecular flexibility index (Phi) is 6.36. The Hall–Kier alpha value is -3.76. The molecule has 34 heavy (non-hydrogen) atoms. The molecule has 2 atom stereocenters. The van der Waals surface area contributed by atoms with Gasteiger partial charge in [0, 0.05) is 33.9 Å². The largest absolute Gasteiger partial charge is 0.481 e. The number of nitrogens with one attached hydrogen (secondary N) is 2. The third-order valence-electron chi connectivity index (χ3n) is 5.68. The number of rotatable bonds is 7. The van der Waals surface area contributed by atoms with Crippen molar-refractivity contribution in [1.82, 2.24) is 19.8 Å². The number of anilines is 1. The molecule has 10 nitrogen and oxygen atoms in total. The summed E-state index contributed by atoms with van der Waals surface area (Å²) >= 11 is 5.99. The monoisotopic (exact) mass is 484 g/mol. The number of fused-ring (bicyclic) bond motifs is 1. The number of hydrogen-bond acceptors (Lipinski definition) is 5. The molecule has 11 heteroatoms. The van der Waals surface area contributed by atoms with Gasteiger partial charge in [-0.2, -0.15) is 0 Å². The van der Waals surface area contributed by atoms with Crippen LogP contribution >= 0.6 is 11.6 Å². The number of carboxylic acids is 1. The van der Waals surface area contributed by atoms with Crippen molar-refractivity contribution in [3.8, 4) is 0 Å². The number of urea groups is 2. The van der Waals surface area contributed by atoms with Crippen molar-refractivity contribution in [2.24, 2.45) is 11.8 Å². The lowest BCUT2D eigenvalue weighted by Gasteiger charge is -2.45. The van der Waals surface area contributed by atoms with Gasteiger partial charge >= 0.3 is 18.0 Å². The van der Waals surface area contributed by atoms with Gasteiger partial charge in [0.2, 0.25) is 6.29 Å². The van der Waals surface area contributed by atoms with Crippen LogP contribution in [0.1, 0.15) is 18.2 Å². The SMILES string of the molecule is Cc1cc2cc(NC3N(N)C(=O)N(C[C@H](C)C(=O)O)C(=O)N3Cc3ccc(Cl)cc3)ccc2[nH]1. The zero-order chi connectivity index (χ0) is 24.6. The molecule has 5 N–H and O–H groups in total. The summed E-state index contributed by atoms with van der Waals surface area (Å²) in [6, 6.07) is 13.1. The summed E-state index contributed by atoms with van der Waals surface area (Å²) in [5.41, 5.74) is 3.37. The van der Waals surface area contributed by atoms with Gasteiger partial charge in [0.25, 0.3) is 0 Å². The lowest BCUT2D eigenvalue weighted by Crippen LogP contribution is -2.70. The van der Waals surface area contributed by atoms with Crippen molar-refractivity contribution in [1.29, 1.82) is 0 Å². The highest BCUT2D eigenvalue weighted by Crippen LogP contribution is 2.25. The number of hydrogen-bond donors (Lipinski definition) is 4. The Bertz CT molecular complexity index is 1240. The van der Waals surface area contributed by atoms with Gasteiger partial charge in [-0.05, 0) is 48.9 Å². The molecule has 1 aliphatic rings. The number of aromatic nitrogens is 1. The number of imide groups is 1. The maximum Gasteiger partial charge on any atom is 0.345 e. The number of aryl methyl sites for hydroxylation is 1. The average Bonchev–Trinajstić information content (AvgIpc) is 3.17. The predicted octanol–water partition coefficient (Wildman–Crippen LogP) is 3.78. The summed E-state index contributed by atoms with van der Waals surface area (Å²) in [5.74, 6) is 4.09. The molecule has 0 bridgehead atoms. The fraction of sp³-hybridized carbons (Fsp3) is 0.261. The van der Waals surface area contributed by atoms with Crippen LogP contribution in [-0.2, 0) is 11.3 Å². The topological polar surface area (TPSA) is 135 Å². The summed E-state index contributed by atoms with van der Waals surface area (Å²) in [7, 11) is 0. The number of aliphatic carboxylic acids is 1. The molecule has 3 aromatic rings. The molecule has 2 aromatic carbocycles. The Labute approximate surface area is 200 Å². The number of aromatic amines is 1. The first-order chi connectivity index (χ1) is 16.1. The number of benzene rings is 2. The number of carboxylic acid groups (broad SMARTS) is 1. The number of carbonyl (C=O) groups excluding carboxylic acids is 2. The van der Waals surface area contributed by atoms with E-state index in [9.17, 15) is 19.5 Å². The minimum Gasteiger partial charge on any atom is -0.481 e. The van der Waals surface area contributed by atoms with Gasteiger partial charge in [0.15, 0.2) is 0 Å². The molecule has 0 saturated carbocycles. The van der Waals surface area contributed by atoms with Crippen molar-refractivity contribution >= 4 is 46.2 Å². The van der Waals surface area contributed by atoms with Gasteiger partial charge in [-0.1, -0.05) is 30.7 Å². The van der Waals surface area contributed by atoms with Crippen LogP contribution in [0.2, 0.25) is 5.02 Å². The molecule has 4 rings (SSSR count). The molecule has 1 unspecified atom stereocenters. The normalized spacial score (nSPS) is 17.4. The Balaban J connectivity index is 1.67. The van der Waals surface area contributed by atoms with Crippen molar-refractivity contribution < 1.29 is 19.5 Å². The Morgan fingerprint density at radius 3 is 2.56 bits per heavy atom. The number of amides is 4. The number of nitrogens with two attached hydrogens (primary N) is 1. The predicted molar refractivity (Wildman–Crippen MR) is 128 cm³/mol. The van der Waals surface area contributed by atoms with Crippen molar-refractivity contribution in [2.45, 2.75) is 26.7 Å². The van der Waals surface area contributed by atoms with E-state index in [0.717, 1.165) is 32.1 Å². The molecule has 0 radical (unpaired) electrons. The maximum absolute atomic E-state index is 13.4. The summed E-state index contributed by atoms with van der Waals surface area (Å²) in [6.45, 7) is 3.18. The van der Waals surface area contributed by atoms with Gasteiger partial charge in [-0.15, -0.1) is 0 Å². The Morgan fingerprint density at radius 1 is 1.18 bits per heavy atom. The molecule has 1 saturated heterocycles. The van der Waals surface area contributed by atoms with Crippen molar-refractivity contribution in [3.63, 3.8) is 0 Å². The second kappa shape index (κ2) is 9.24. The number of carbonyl (C=O) groups is 3. The van der Waals surface area contributed by atoms with Crippen LogP contribution in [-0.4, -0.2) is 55.8 Å². The van der Waals surface area contributed by atoms with Gasteiger partial charge in [-0.25, -0.2) is 25.3 Å². The van der Waals surface area contributed by atoms with Crippen LogP contribution in [0, 0.1) is 12.8 Å². The van der Waals surface area contributed by atoms with Crippen molar-refractivity contribution in [2.75, 3.05) is 11.9 Å². The van der Waals surface area contributed by atoms with E-state index in [-0.39, 0.29) is 13.1 Å². The van der Waals surface area contributed by atoms with Crippen LogP contribution in [0.3, 0.4) is 0 Å². The van der Waals surface area contributed by atoms with Crippen LogP contribution in [0.4, 0.5) is 15.3 Å². The van der Waals surface area contributed by atoms with Crippen LogP contribution in [0.15, 0.2) is 48.5 Å². The lowest BCUT2D eigenvalue weighted by atomic mass is 10.1. The minimum atomic E-state index is -1.12. The maximum atomic E-state index is 13.4. The number of hydrazine groups is 1. The minimum absolute atomic E-state index is 0.109. The Morgan fingerprint density at radius 2 is 1.88 bits per heavy atom. The van der Waals surface area contributed by atoms with Gasteiger partial charge in [0.1, 0.15) is 0 Å². The highest BCUT2D eigenvalue weighted by Gasteiger charge is 2.44. The quantitative estimate of drug-likeness (QED) is 0.298. The third kappa shape index (κ3) is 4.63. The smallest absolute Gasteiger partial charge is 0.345 e. The van der Waals surface area contributed by atoms with E-state index in [1.807, 2.05) is 31.2 Å². The van der Waals surface area contributed by atoms with Crippen LogP contribution in [0.25, 0.3) is 10.9 Å². The molecule has 178 valence electrons. The van der Waals surface area contributed by atoms with Crippen molar-refractivity contribution in [3.05, 3.63) is 64.8 Å². The number of halogens is 1. The lowest BCUT2D eigenvalue weighted by molar-refractivity contribution is -0.141. The first-order valence-corrected chi connectivity index (χ1v) is 11.0. The average molecular weight is 485 g/mol. The second-order valence-electron chi connectivity index (χ2n) is 8.35. The summed E-state index contributed by atoms with van der Waals surface area (Å²) in [5, 5.41) is 14.9. The van der Waals surface area contributed by atoms with Crippen LogP contribution < -0.4 is 11.2 Å². The van der Waals surface area contributed by atoms with Gasteiger partial charge < -0.3 is 15.4 Å². The second-order valence-corrected chi connectivity index (χ2v) is 8.79. The zero-order valence-corrected chi connectivity index (χ0v) is 19.4. The highest BCUT2D eigenvalue weighted by atomic mass is 35.5. The van der Waals surface area contributed by atoms with E-state index in [2.05, 4.69) is 10.3 Å². The molecule has 2 heterocycles. The molecule has 4 amide bonds. The zero-order valence-electron chi connectivity index (χ0n) is 18.7. The number of nitrogens with zero attached hydrogens (tertiary/aromatic N) is 3. The molecule has 0 aliphatic carbocycles. The molecular weight excluding hydrogens is 460 g/mol. The first kappa shape index (κ1) is 23.4. The highest BCUT2D eigenvalue weighted by molar-refractivity contribution is 6.30. The standard InChI is InChI=1S/C23H25ClN6O4/c1-13(20(31)32)11-29-22(33)28(12-15-3-5-17(24)6-4-15)21(30(25)23(29)34)27-18-7-8-19-16(10-18)9-14(2)26-19/h3-10,13,21,26-27H,11-12,25H2,1-2H3,(H,31,32)/t13-,21?/m0/s1. The number of H-pyrrole nitrogens is 1. The van der Waals surface area contributed by atoms with Gasteiger partial charge in [0.05, 0.1) is 12.5 Å². The molecule has 1 aromatic heterocycles. The third-order valence-corrected chi connectivity index (χ3v) is 5.93. The summed E-state index contributed by atoms with van der Waals surface area (Å²) < 4.78 is 0. The van der Waals surface area contributed by atoms with E-state index >= 15 is 0 Å². The molecule has 1 fully saturated rings. The molecular formula is C23H25ClN6O4. The van der Waals surface area contributed by atoms with E-state index < -0.39 is 30.2 Å². The van der Waals surface area contributed by atoms with E-state index in [1.165, 1.54) is 11.8 Å². The molecule has 0 spiro atoms. The fourth-order valence-electron chi connectivity index (χ4n) is 3.85. The van der Waals surface area contributed by atoms with E-state index in [1.54, 1.807) is 24.3 Å². The summed E-state index contributed by atoms with van der Waals surface area (Å²) in [6.07, 6.45) is -1.01. The van der Waals surface area contributed by atoms with Crippen LogP contribution in [0.5, 0.6) is 0 Å².